The minimum absolute atomic E-state index is 0.120. The van der Waals surface area contributed by atoms with Gasteiger partial charge in [0.05, 0.1) is 23.3 Å². The molecule has 0 spiro atoms. The van der Waals surface area contributed by atoms with Crippen LogP contribution in [0.5, 0.6) is 11.5 Å². The van der Waals surface area contributed by atoms with Gasteiger partial charge in [0, 0.05) is 17.2 Å². The molecule has 190 valence electrons. The van der Waals surface area contributed by atoms with Crippen LogP contribution in [0.25, 0.3) is 0 Å². The van der Waals surface area contributed by atoms with Crippen molar-refractivity contribution < 1.29 is 19.7 Å². The van der Waals surface area contributed by atoms with Crippen LogP contribution in [0, 0.1) is 13.2 Å². The first-order valence-electron chi connectivity index (χ1n) is 11.2. The second-order valence-electron chi connectivity index (χ2n) is 9.00. The molecule has 0 aliphatic rings. The van der Waals surface area contributed by atoms with E-state index in [9.17, 15) is 10.2 Å². The Labute approximate surface area is 238 Å². The van der Waals surface area contributed by atoms with Crippen LogP contribution in [0.3, 0.4) is 0 Å². The predicted octanol–water partition coefficient (Wildman–Crippen LogP) is 5.00. The molecule has 7 nitrogen and oxygen atoms in total. The summed E-state index contributed by atoms with van der Waals surface area (Å²) in [5.41, 5.74) is 2.62. The van der Waals surface area contributed by atoms with E-state index < -0.39 is 6.10 Å². The summed E-state index contributed by atoms with van der Waals surface area (Å²) >= 11 is 10.3. The van der Waals surface area contributed by atoms with Gasteiger partial charge in [0.2, 0.25) is 0 Å². The summed E-state index contributed by atoms with van der Waals surface area (Å²) < 4.78 is 15.0. The molecule has 2 atom stereocenters. The Morgan fingerprint density at radius 1 is 1.11 bits per heavy atom. The predicted molar refractivity (Wildman–Crippen MR) is 153 cm³/mol. The highest BCUT2D eigenvalue weighted by molar-refractivity contribution is 14.1. The van der Waals surface area contributed by atoms with E-state index in [4.69, 9.17) is 21.1 Å². The Bertz CT molecular complexity index is 1110. The molecule has 0 saturated carbocycles. The topological polar surface area (TPSA) is 89.6 Å². The van der Waals surface area contributed by atoms with Gasteiger partial charge >= 0.3 is 0 Å². The number of rotatable bonds is 12. The summed E-state index contributed by atoms with van der Waals surface area (Å²) in [5, 5.41) is 27.4. The van der Waals surface area contributed by atoms with Crippen LogP contribution in [-0.2, 0) is 18.6 Å². The molecule has 2 N–H and O–H groups in total. The number of aromatic nitrogens is 3. The number of aliphatic hydroxyl groups excluding tert-OH is 2. The molecule has 0 bridgehead atoms. The number of hydrogen-bond donors (Lipinski definition) is 2. The van der Waals surface area contributed by atoms with Crippen LogP contribution >= 0.6 is 56.8 Å². The standard InChI is InChI=1S/C25H30ClI2N3O4/c1-16(11-26)14-35-23-9-6-18(10-21(23)27)25(2,3)17-4-7-20(8-5-17)34-15-19(33)12-31-24(28)22(13-32)29-30-31/h4-10,16,19,32-33H,11-15H2,1-3H3/t16-,19+/m1/s1/i28-4. The second-order valence-corrected chi connectivity index (χ2v) is 11.5. The Kier molecular flexibility index (Phi) is 10.5. The summed E-state index contributed by atoms with van der Waals surface area (Å²) in [7, 11) is 0. The van der Waals surface area contributed by atoms with Gasteiger partial charge in [0.15, 0.2) is 0 Å². The minimum atomic E-state index is -0.761. The zero-order chi connectivity index (χ0) is 25.6. The second kappa shape index (κ2) is 12.9. The van der Waals surface area contributed by atoms with E-state index in [0.717, 1.165) is 14.9 Å². The highest BCUT2D eigenvalue weighted by Crippen LogP contribution is 2.35. The average molecular weight is 722 g/mol. The van der Waals surface area contributed by atoms with Gasteiger partial charge in [-0.05, 0) is 80.6 Å². The quantitative estimate of drug-likeness (QED) is 0.202. The smallest absolute Gasteiger partial charge is 0.132 e. The maximum absolute atomic E-state index is 10.3. The first-order valence-corrected chi connectivity index (χ1v) is 13.9. The molecule has 0 fully saturated rings. The number of halogens is 3. The van der Waals surface area contributed by atoms with Crippen LogP contribution in [0.1, 0.15) is 37.6 Å². The SMILES string of the molecule is C[C@H](CCl)COc1ccc(C(C)(C)c2ccc(OC[C@@H](O)Cn3nnc(CO)c3[123I])cc2)cc1I. The van der Waals surface area contributed by atoms with Gasteiger partial charge in [-0.2, -0.15) is 0 Å². The molecule has 35 heavy (non-hydrogen) atoms. The van der Waals surface area contributed by atoms with Crippen molar-refractivity contribution in [2.24, 2.45) is 5.92 Å². The van der Waals surface area contributed by atoms with E-state index in [-0.39, 0.29) is 25.2 Å². The monoisotopic (exact) mass is 721 g/mol. The van der Waals surface area contributed by atoms with Crippen LogP contribution in [-0.4, -0.2) is 50.4 Å². The zero-order valence-corrected chi connectivity index (χ0v) is 25.0. The lowest BCUT2D eigenvalue weighted by Crippen LogP contribution is -2.25. The van der Waals surface area contributed by atoms with E-state index in [1.54, 1.807) is 4.68 Å². The van der Waals surface area contributed by atoms with Crippen molar-refractivity contribution in [2.45, 2.75) is 45.4 Å². The number of ether oxygens (including phenoxy) is 2. The molecule has 10 heteroatoms. The molecular weight excluding hydrogens is 692 g/mol. The molecule has 0 amide bonds. The van der Waals surface area contributed by atoms with Gasteiger partial charge in [-0.1, -0.05) is 44.2 Å². The summed E-state index contributed by atoms with van der Waals surface area (Å²) in [5.74, 6) is 2.43. The van der Waals surface area contributed by atoms with Crippen molar-refractivity contribution in [2.75, 3.05) is 19.1 Å². The Morgan fingerprint density at radius 3 is 2.40 bits per heavy atom. The largest absolute Gasteiger partial charge is 0.492 e. The Balaban J connectivity index is 1.60. The van der Waals surface area contributed by atoms with Crippen molar-refractivity contribution >= 4 is 56.8 Å². The number of aliphatic hydroxyl groups is 2. The molecule has 3 rings (SSSR count). The van der Waals surface area contributed by atoms with Crippen molar-refractivity contribution in [1.82, 2.24) is 15.0 Å². The van der Waals surface area contributed by atoms with Crippen LogP contribution in [0.4, 0.5) is 0 Å². The molecule has 1 heterocycles. The number of alkyl halides is 1. The third-order valence-corrected chi connectivity index (χ3v) is 8.28. The lowest BCUT2D eigenvalue weighted by atomic mass is 9.78. The summed E-state index contributed by atoms with van der Waals surface area (Å²) in [6, 6.07) is 14.2. The maximum Gasteiger partial charge on any atom is 0.132 e. The first kappa shape index (κ1) is 28.4. The van der Waals surface area contributed by atoms with E-state index in [1.807, 2.05) is 18.2 Å². The molecule has 0 aliphatic carbocycles. The fourth-order valence-corrected chi connectivity index (χ4v) is 4.75. The normalized spacial score (nSPS) is 13.5. The van der Waals surface area contributed by atoms with E-state index >= 15 is 0 Å². The van der Waals surface area contributed by atoms with Gasteiger partial charge in [0.1, 0.15) is 33.6 Å². The first-order chi connectivity index (χ1) is 16.6. The van der Waals surface area contributed by atoms with E-state index in [0.29, 0.717) is 33.5 Å². The molecule has 0 unspecified atom stereocenters. The van der Waals surface area contributed by atoms with Crippen LogP contribution < -0.4 is 9.47 Å². The van der Waals surface area contributed by atoms with E-state index in [2.05, 4.69) is 101 Å². The fourth-order valence-electron chi connectivity index (χ4n) is 3.41. The summed E-state index contributed by atoms with van der Waals surface area (Å²) in [6.07, 6.45) is -0.761. The molecular formula is C25H30ClI2N3O4. The average Bonchev–Trinajstić information content (AvgIpc) is 3.20. The van der Waals surface area contributed by atoms with Crippen molar-refractivity contribution in [3.8, 4) is 11.5 Å². The highest BCUT2D eigenvalue weighted by Gasteiger charge is 2.24. The molecule has 0 aliphatic heterocycles. The lowest BCUT2D eigenvalue weighted by molar-refractivity contribution is 0.0881. The number of hydrogen-bond acceptors (Lipinski definition) is 6. The van der Waals surface area contributed by atoms with E-state index in [1.165, 1.54) is 5.56 Å². The molecule has 0 saturated heterocycles. The zero-order valence-electron chi connectivity index (χ0n) is 19.9. The number of benzene rings is 2. The van der Waals surface area contributed by atoms with Gasteiger partial charge in [0.25, 0.3) is 0 Å². The summed E-state index contributed by atoms with van der Waals surface area (Å²) in [4.78, 5) is 0. The van der Waals surface area contributed by atoms with Crippen LogP contribution in [0.2, 0.25) is 0 Å². The third-order valence-electron chi connectivity index (χ3n) is 5.73. The van der Waals surface area contributed by atoms with Gasteiger partial charge in [-0.25, -0.2) is 4.68 Å². The molecule has 2 aromatic carbocycles. The van der Waals surface area contributed by atoms with Crippen molar-refractivity contribution in [3.05, 3.63) is 66.6 Å². The minimum Gasteiger partial charge on any atom is -0.492 e. The van der Waals surface area contributed by atoms with Crippen molar-refractivity contribution in [3.63, 3.8) is 0 Å². The molecule has 1 aromatic heterocycles. The lowest BCUT2D eigenvalue weighted by Gasteiger charge is -2.27. The van der Waals surface area contributed by atoms with Crippen molar-refractivity contribution in [1.29, 1.82) is 0 Å². The van der Waals surface area contributed by atoms with Gasteiger partial charge < -0.3 is 19.7 Å². The highest BCUT2D eigenvalue weighted by atomic mass is 127. The van der Waals surface area contributed by atoms with Gasteiger partial charge in [-0.15, -0.1) is 16.7 Å². The van der Waals surface area contributed by atoms with Gasteiger partial charge in [-0.3, -0.25) is 0 Å². The Morgan fingerprint density at radius 2 is 1.80 bits per heavy atom. The Hall–Kier alpha value is -1.15. The molecule has 0 radical (unpaired) electrons. The third kappa shape index (κ3) is 7.43. The maximum atomic E-state index is 10.3. The number of nitrogens with zero attached hydrogens (tertiary/aromatic N) is 3. The fraction of sp³-hybridized carbons (Fsp3) is 0.440. The van der Waals surface area contributed by atoms with Crippen LogP contribution in [0.15, 0.2) is 42.5 Å². The molecule has 3 aromatic rings. The summed E-state index contributed by atoms with van der Waals surface area (Å²) in [6.45, 7) is 7.22.